The van der Waals surface area contributed by atoms with Gasteiger partial charge in [-0.2, -0.15) is 0 Å². The SMILES string of the molecule is Cc1cc2c(c([N+](=O)[O-])c1)OCC[C@@H]2N. The van der Waals surface area contributed by atoms with E-state index in [9.17, 15) is 10.1 Å². The molecule has 0 fully saturated rings. The molecule has 0 unspecified atom stereocenters. The molecule has 15 heavy (non-hydrogen) atoms. The lowest BCUT2D eigenvalue weighted by atomic mass is 9.98. The third-order valence-corrected chi connectivity index (χ3v) is 2.51. The highest BCUT2D eigenvalue weighted by Gasteiger charge is 2.26. The average molecular weight is 208 g/mol. The Morgan fingerprint density at radius 2 is 2.33 bits per heavy atom. The van der Waals surface area contributed by atoms with Crippen LogP contribution in [0.25, 0.3) is 0 Å². The molecular weight excluding hydrogens is 196 g/mol. The van der Waals surface area contributed by atoms with E-state index in [1.165, 1.54) is 6.07 Å². The van der Waals surface area contributed by atoms with Gasteiger partial charge >= 0.3 is 5.69 Å². The van der Waals surface area contributed by atoms with Crippen molar-refractivity contribution in [3.8, 4) is 5.75 Å². The standard InChI is InChI=1S/C10H12N2O3/c1-6-4-7-8(11)2-3-15-10(7)9(5-6)12(13)14/h4-5,8H,2-3,11H2,1H3/t8-/m0/s1. The molecule has 1 aliphatic heterocycles. The average Bonchev–Trinajstić information content (AvgIpc) is 2.18. The van der Waals surface area contributed by atoms with Gasteiger partial charge in [0.2, 0.25) is 5.75 Å². The van der Waals surface area contributed by atoms with Gasteiger partial charge in [0.05, 0.1) is 11.5 Å². The van der Waals surface area contributed by atoms with E-state index in [1.807, 2.05) is 13.0 Å². The Labute approximate surface area is 87.0 Å². The summed E-state index contributed by atoms with van der Waals surface area (Å²) < 4.78 is 5.32. The molecule has 0 bridgehead atoms. The zero-order chi connectivity index (χ0) is 11.0. The minimum absolute atomic E-state index is 0.0140. The van der Waals surface area contributed by atoms with E-state index in [-0.39, 0.29) is 11.7 Å². The third-order valence-electron chi connectivity index (χ3n) is 2.51. The third kappa shape index (κ3) is 1.66. The van der Waals surface area contributed by atoms with Crippen molar-refractivity contribution >= 4 is 5.69 Å². The Kier molecular flexibility index (Phi) is 2.32. The number of hydrogen-bond acceptors (Lipinski definition) is 4. The molecule has 0 saturated heterocycles. The van der Waals surface area contributed by atoms with Gasteiger partial charge in [-0.05, 0) is 12.5 Å². The van der Waals surface area contributed by atoms with Crippen LogP contribution >= 0.6 is 0 Å². The van der Waals surface area contributed by atoms with E-state index in [4.69, 9.17) is 10.5 Å². The van der Waals surface area contributed by atoms with Crippen LogP contribution in [0.5, 0.6) is 5.75 Å². The fourth-order valence-corrected chi connectivity index (χ4v) is 1.79. The van der Waals surface area contributed by atoms with Gasteiger partial charge in [-0.1, -0.05) is 6.07 Å². The number of aryl methyl sites for hydroxylation is 1. The number of ether oxygens (including phenoxy) is 1. The zero-order valence-corrected chi connectivity index (χ0v) is 8.40. The molecule has 2 rings (SSSR count). The maximum absolute atomic E-state index is 10.8. The Morgan fingerprint density at radius 3 is 3.00 bits per heavy atom. The van der Waals surface area contributed by atoms with Crippen molar-refractivity contribution in [2.45, 2.75) is 19.4 Å². The van der Waals surface area contributed by atoms with Crippen molar-refractivity contribution in [3.63, 3.8) is 0 Å². The number of fused-ring (bicyclic) bond motifs is 1. The predicted octanol–water partition coefficient (Wildman–Crippen LogP) is 1.69. The minimum Gasteiger partial charge on any atom is -0.487 e. The van der Waals surface area contributed by atoms with E-state index in [2.05, 4.69) is 0 Å². The number of nitro groups is 1. The summed E-state index contributed by atoms with van der Waals surface area (Å²) in [6, 6.07) is 3.20. The van der Waals surface area contributed by atoms with Crippen LogP contribution in [-0.2, 0) is 0 Å². The van der Waals surface area contributed by atoms with Gasteiger partial charge in [-0.3, -0.25) is 10.1 Å². The summed E-state index contributed by atoms with van der Waals surface area (Å²) in [7, 11) is 0. The first-order valence-electron chi connectivity index (χ1n) is 4.77. The van der Waals surface area contributed by atoms with Crippen molar-refractivity contribution < 1.29 is 9.66 Å². The lowest BCUT2D eigenvalue weighted by molar-refractivity contribution is -0.386. The van der Waals surface area contributed by atoms with Gasteiger partial charge in [-0.15, -0.1) is 0 Å². The van der Waals surface area contributed by atoms with Crippen LogP contribution in [0.15, 0.2) is 12.1 Å². The highest BCUT2D eigenvalue weighted by atomic mass is 16.6. The summed E-state index contributed by atoms with van der Waals surface area (Å²) in [5, 5.41) is 10.8. The fraction of sp³-hybridized carbons (Fsp3) is 0.400. The fourth-order valence-electron chi connectivity index (χ4n) is 1.79. The van der Waals surface area contributed by atoms with Crippen LogP contribution in [0.1, 0.15) is 23.6 Å². The molecular formula is C10H12N2O3. The van der Waals surface area contributed by atoms with Crippen LogP contribution < -0.4 is 10.5 Å². The molecule has 5 heteroatoms. The van der Waals surface area contributed by atoms with E-state index >= 15 is 0 Å². The quantitative estimate of drug-likeness (QED) is 0.562. The van der Waals surface area contributed by atoms with Crippen LogP contribution in [-0.4, -0.2) is 11.5 Å². The van der Waals surface area contributed by atoms with Crippen molar-refractivity contribution in [3.05, 3.63) is 33.4 Å². The molecule has 0 aromatic heterocycles. The second kappa shape index (κ2) is 3.51. The summed E-state index contributed by atoms with van der Waals surface area (Å²) in [5.41, 5.74) is 7.47. The first-order valence-corrected chi connectivity index (χ1v) is 4.77. The van der Waals surface area contributed by atoms with Crippen LogP contribution in [0.3, 0.4) is 0 Å². The van der Waals surface area contributed by atoms with Gasteiger partial charge < -0.3 is 10.5 Å². The molecule has 0 saturated carbocycles. The molecule has 1 atom stereocenters. The van der Waals surface area contributed by atoms with Gasteiger partial charge in [0.1, 0.15) is 0 Å². The van der Waals surface area contributed by atoms with E-state index < -0.39 is 4.92 Å². The topological polar surface area (TPSA) is 78.4 Å². The normalized spacial score (nSPS) is 19.2. The number of nitrogens with two attached hydrogens (primary N) is 1. The molecule has 0 radical (unpaired) electrons. The number of nitrogens with zero attached hydrogens (tertiary/aromatic N) is 1. The molecule has 0 spiro atoms. The van der Waals surface area contributed by atoms with Crippen molar-refractivity contribution in [1.82, 2.24) is 0 Å². The molecule has 5 nitrogen and oxygen atoms in total. The largest absolute Gasteiger partial charge is 0.487 e. The highest BCUT2D eigenvalue weighted by molar-refractivity contribution is 5.55. The number of hydrogen-bond donors (Lipinski definition) is 1. The maximum atomic E-state index is 10.8. The summed E-state index contributed by atoms with van der Waals surface area (Å²) in [6.07, 6.45) is 0.702. The minimum atomic E-state index is -0.427. The lowest BCUT2D eigenvalue weighted by Crippen LogP contribution is -2.21. The molecule has 80 valence electrons. The maximum Gasteiger partial charge on any atom is 0.311 e. The van der Waals surface area contributed by atoms with Crippen LogP contribution in [0.2, 0.25) is 0 Å². The van der Waals surface area contributed by atoms with Crippen molar-refractivity contribution in [2.75, 3.05) is 6.61 Å². The smallest absolute Gasteiger partial charge is 0.311 e. The number of rotatable bonds is 1. The van der Waals surface area contributed by atoms with Gasteiger partial charge in [-0.25, -0.2) is 0 Å². The Hall–Kier alpha value is -1.62. The second-order valence-corrected chi connectivity index (χ2v) is 3.70. The zero-order valence-electron chi connectivity index (χ0n) is 8.40. The van der Waals surface area contributed by atoms with Gasteiger partial charge in [0.15, 0.2) is 0 Å². The Bertz CT molecular complexity index is 417. The first kappa shape index (κ1) is 9.92. The molecule has 1 heterocycles. The Morgan fingerprint density at radius 1 is 1.60 bits per heavy atom. The monoisotopic (exact) mass is 208 g/mol. The Balaban J connectivity index is 2.62. The number of benzene rings is 1. The molecule has 1 aromatic carbocycles. The molecule has 1 aliphatic rings. The summed E-state index contributed by atoms with van der Waals surface area (Å²) >= 11 is 0. The van der Waals surface area contributed by atoms with Crippen molar-refractivity contribution in [2.24, 2.45) is 5.73 Å². The van der Waals surface area contributed by atoms with E-state index in [0.717, 1.165) is 11.1 Å². The highest BCUT2D eigenvalue weighted by Crippen LogP contribution is 2.39. The van der Waals surface area contributed by atoms with Crippen LogP contribution in [0, 0.1) is 17.0 Å². The molecule has 2 N–H and O–H groups in total. The van der Waals surface area contributed by atoms with Gasteiger partial charge in [0.25, 0.3) is 0 Å². The molecule has 0 amide bonds. The van der Waals surface area contributed by atoms with E-state index in [0.29, 0.717) is 18.8 Å². The van der Waals surface area contributed by atoms with Crippen molar-refractivity contribution in [1.29, 1.82) is 0 Å². The summed E-state index contributed by atoms with van der Waals surface area (Å²) in [4.78, 5) is 10.4. The molecule has 0 aliphatic carbocycles. The van der Waals surface area contributed by atoms with E-state index in [1.54, 1.807) is 0 Å². The first-order chi connectivity index (χ1) is 7.09. The number of nitro benzene ring substituents is 1. The predicted molar refractivity (Wildman–Crippen MR) is 54.9 cm³/mol. The summed E-state index contributed by atoms with van der Waals surface area (Å²) in [6.45, 7) is 2.26. The van der Waals surface area contributed by atoms with Crippen LogP contribution in [0.4, 0.5) is 5.69 Å². The lowest BCUT2D eigenvalue weighted by Gasteiger charge is -2.22. The summed E-state index contributed by atoms with van der Waals surface area (Å²) in [5.74, 6) is 0.337. The molecule has 1 aromatic rings. The van der Waals surface area contributed by atoms with Gasteiger partial charge in [0, 0.05) is 24.1 Å². The second-order valence-electron chi connectivity index (χ2n) is 3.70.